The fraction of sp³-hybridized carbons (Fsp3) is 0.375. The summed E-state index contributed by atoms with van der Waals surface area (Å²) in [5.41, 5.74) is 3.16. The van der Waals surface area contributed by atoms with Crippen LogP contribution in [0, 0.1) is 0 Å². The van der Waals surface area contributed by atoms with Crippen LogP contribution in [0.2, 0.25) is 0 Å². The summed E-state index contributed by atoms with van der Waals surface area (Å²) in [4.78, 5) is 13.3. The first-order valence-electron chi connectivity index (χ1n) is 10.5. The quantitative estimate of drug-likeness (QED) is 0.588. The Morgan fingerprint density at radius 1 is 1.10 bits per heavy atom. The van der Waals surface area contributed by atoms with E-state index in [0.29, 0.717) is 19.0 Å². The van der Waals surface area contributed by atoms with E-state index in [2.05, 4.69) is 34.3 Å². The van der Waals surface area contributed by atoms with Gasteiger partial charge in [0.2, 0.25) is 5.91 Å². The number of likely N-dealkylation sites (tertiary alicyclic amines) is 1. The number of fused-ring (bicyclic) bond motifs is 1. The van der Waals surface area contributed by atoms with Crippen molar-refractivity contribution in [3.05, 3.63) is 71.9 Å². The molecule has 3 aromatic rings. The molecule has 158 valence electrons. The van der Waals surface area contributed by atoms with Crippen molar-refractivity contribution in [2.24, 2.45) is 0 Å². The van der Waals surface area contributed by atoms with E-state index >= 15 is 0 Å². The van der Waals surface area contributed by atoms with Crippen LogP contribution >= 0.6 is 0 Å². The summed E-state index contributed by atoms with van der Waals surface area (Å²) in [5, 5.41) is 12.7. The number of alkyl halides is 1. The van der Waals surface area contributed by atoms with E-state index in [1.54, 1.807) is 0 Å². The Balaban J connectivity index is 1.39. The molecule has 1 aromatic heterocycles. The maximum absolute atomic E-state index is 14.8. The van der Waals surface area contributed by atoms with Gasteiger partial charge in [0.25, 0.3) is 0 Å². The molecular formula is C24H28FN3O2. The van der Waals surface area contributed by atoms with Crippen molar-refractivity contribution >= 4 is 16.8 Å². The van der Waals surface area contributed by atoms with Gasteiger partial charge in [-0.25, -0.2) is 4.39 Å². The van der Waals surface area contributed by atoms with E-state index in [9.17, 15) is 9.18 Å². The maximum Gasteiger partial charge on any atom is 0.245 e. The van der Waals surface area contributed by atoms with Crippen molar-refractivity contribution in [2.45, 2.75) is 38.1 Å². The van der Waals surface area contributed by atoms with Gasteiger partial charge < -0.3 is 15.0 Å². The Morgan fingerprint density at radius 3 is 2.60 bits per heavy atom. The van der Waals surface area contributed by atoms with Crippen molar-refractivity contribution in [1.29, 1.82) is 0 Å². The Hall–Kier alpha value is -2.70. The molecule has 1 aliphatic heterocycles. The zero-order chi connectivity index (χ0) is 20.9. The van der Waals surface area contributed by atoms with Gasteiger partial charge in [0.1, 0.15) is 6.61 Å². The van der Waals surface area contributed by atoms with E-state index in [-0.39, 0.29) is 5.91 Å². The Kier molecular flexibility index (Phi) is 6.45. The number of carbonyl (C=O) groups is 1. The number of hydrogen-bond acceptors (Lipinski definition) is 3. The van der Waals surface area contributed by atoms with Crippen LogP contribution in [-0.4, -0.2) is 46.5 Å². The van der Waals surface area contributed by atoms with Gasteiger partial charge in [0, 0.05) is 43.8 Å². The Morgan fingerprint density at radius 2 is 1.87 bits per heavy atom. The van der Waals surface area contributed by atoms with Gasteiger partial charge in [-0.1, -0.05) is 42.5 Å². The van der Waals surface area contributed by atoms with E-state index < -0.39 is 12.9 Å². The highest BCUT2D eigenvalue weighted by Gasteiger charge is 2.26. The number of aromatic nitrogens is 1. The summed E-state index contributed by atoms with van der Waals surface area (Å²) >= 11 is 0. The van der Waals surface area contributed by atoms with Crippen LogP contribution in [0.5, 0.6) is 0 Å². The van der Waals surface area contributed by atoms with Crippen molar-refractivity contribution in [3.8, 4) is 0 Å². The lowest BCUT2D eigenvalue weighted by atomic mass is 10.0. The highest BCUT2D eigenvalue weighted by atomic mass is 19.1. The highest BCUT2D eigenvalue weighted by molar-refractivity contribution is 5.81. The summed E-state index contributed by atoms with van der Waals surface area (Å²) in [6, 6.07) is 18.4. The number of hydrogen-bond donors (Lipinski definition) is 2. The molecule has 1 atom stereocenters. The minimum atomic E-state index is -0.948. The first kappa shape index (κ1) is 20.6. The molecule has 0 radical (unpaired) electrons. The average molecular weight is 410 g/mol. The van der Waals surface area contributed by atoms with E-state index in [4.69, 9.17) is 5.11 Å². The minimum Gasteiger partial charge on any atom is -0.387 e. The first-order chi connectivity index (χ1) is 14.6. The lowest BCUT2D eigenvalue weighted by Gasteiger charge is -2.35. The van der Waals surface area contributed by atoms with E-state index in [1.165, 1.54) is 0 Å². The van der Waals surface area contributed by atoms with Crippen LogP contribution in [0.3, 0.4) is 0 Å². The van der Waals surface area contributed by atoms with Crippen molar-refractivity contribution < 1.29 is 14.3 Å². The molecule has 1 amide bonds. The summed E-state index contributed by atoms with van der Waals surface area (Å²) < 4.78 is 17.1. The largest absolute Gasteiger partial charge is 0.387 e. The van der Waals surface area contributed by atoms with E-state index in [0.717, 1.165) is 48.0 Å². The second-order valence-corrected chi connectivity index (χ2v) is 7.94. The fourth-order valence-electron chi connectivity index (χ4n) is 4.26. The van der Waals surface area contributed by atoms with Crippen molar-refractivity contribution in [2.75, 3.05) is 19.7 Å². The van der Waals surface area contributed by atoms with Gasteiger partial charge in [0.05, 0.1) is 0 Å². The lowest BCUT2D eigenvalue weighted by molar-refractivity contribution is -0.123. The molecule has 0 spiro atoms. The molecule has 1 saturated heterocycles. The van der Waals surface area contributed by atoms with Gasteiger partial charge in [-0.15, -0.1) is 0 Å². The fourth-order valence-corrected chi connectivity index (χ4v) is 4.26. The molecule has 30 heavy (non-hydrogen) atoms. The van der Waals surface area contributed by atoms with Gasteiger partial charge in [-0.3, -0.25) is 9.69 Å². The van der Waals surface area contributed by atoms with Gasteiger partial charge in [0.15, 0.2) is 6.30 Å². The Bertz CT molecular complexity index is 981. The summed E-state index contributed by atoms with van der Waals surface area (Å²) in [6.45, 7) is 1.37. The molecule has 0 bridgehead atoms. The second kappa shape index (κ2) is 9.41. The number of carbonyl (C=O) groups excluding carboxylic acids is 1. The number of rotatable bonds is 7. The first-order valence-corrected chi connectivity index (χ1v) is 10.5. The lowest BCUT2D eigenvalue weighted by Crippen LogP contribution is -2.40. The normalized spacial score (nSPS) is 16.6. The number of nitrogens with one attached hydrogen (secondary N) is 1. The standard InChI is InChI=1S/C24H28FN3O2/c25-23(15-18-4-2-1-3-5-18)27-11-9-21(10-12-27)28-13-8-20-7-6-19(14-22(20)28)16-26-24(30)17-29/h1-8,13-14,21,23,29H,9-12,15-17H2,(H,26,30). The van der Waals surface area contributed by atoms with Crippen LogP contribution in [0.15, 0.2) is 60.8 Å². The van der Waals surface area contributed by atoms with Gasteiger partial charge in [-0.2, -0.15) is 0 Å². The van der Waals surface area contributed by atoms with Crippen LogP contribution in [-0.2, 0) is 17.8 Å². The molecule has 0 saturated carbocycles. The summed E-state index contributed by atoms with van der Waals surface area (Å²) in [7, 11) is 0. The second-order valence-electron chi connectivity index (χ2n) is 7.94. The minimum absolute atomic E-state index is 0.338. The molecule has 1 fully saturated rings. The summed E-state index contributed by atoms with van der Waals surface area (Å²) in [5.74, 6) is -0.380. The SMILES string of the molecule is O=C(CO)NCc1ccc2ccn(C3CCN(C(F)Cc4ccccc4)CC3)c2c1. The molecule has 2 N–H and O–H groups in total. The van der Waals surface area contributed by atoms with Crippen LogP contribution in [0.25, 0.3) is 10.9 Å². The number of aliphatic hydroxyl groups is 1. The third-order valence-electron chi connectivity index (χ3n) is 5.96. The van der Waals surface area contributed by atoms with Crippen molar-refractivity contribution in [1.82, 2.24) is 14.8 Å². The van der Waals surface area contributed by atoms with Crippen LogP contribution in [0.1, 0.15) is 30.0 Å². The molecule has 0 aliphatic carbocycles. The zero-order valence-corrected chi connectivity index (χ0v) is 17.0. The molecule has 6 heteroatoms. The molecule has 4 rings (SSSR count). The number of amides is 1. The monoisotopic (exact) mass is 409 g/mol. The summed E-state index contributed by atoms with van der Waals surface area (Å²) in [6.07, 6.45) is 3.41. The highest BCUT2D eigenvalue weighted by Crippen LogP contribution is 2.29. The maximum atomic E-state index is 14.8. The molecule has 1 unspecified atom stereocenters. The third kappa shape index (κ3) is 4.71. The molecular weight excluding hydrogens is 381 g/mol. The van der Waals surface area contributed by atoms with E-state index in [1.807, 2.05) is 41.3 Å². The molecule has 5 nitrogen and oxygen atoms in total. The number of benzene rings is 2. The van der Waals surface area contributed by atoms with Crippen LogP contribution in [0.4, 0.5) is 4.39 Å². The number of nitrogens with zero attached hydrogens (tertiary/aromatic N) is 2. The van der Waals surface area contributed by atoms with Gasteiger partial charge >= 0.3 is 0 Å². The van der Waals surface area contributed by atoms with Gasteiger partial charge in [-0.05, 0) is 41.5 Å². The molecule has 2 aromatic carbocycles. The Labute approximate surface area is 176 Å². The average Bonchev–Trinajstić information content (AvgIpc) is 3.21. The predicted octanol–water partition coefficient (Wildman–Crippen LogP) is 3.43. The number of piperidine rings is 1. The molecule has 2 heterocycles. The zero-order valence-electron chi connectivity index (χ0n) is 17.0. The van der Waals surface area contributed by atoms with Crippen LogP contribution < -0.4 is 5.32 Å². The smallest absolute Gasteiger partial charge is 0.245 e. The number of halogens is 1. The topological polar surface area (TPSA) is 57.5 Å². The predicted molar refractivity (Wildman–Crippen MR) is 116 cm³/mol. The van der Waals surface area contributed by atoms with Crippen molar-refractivity contribution in [3.63, 3.8) is 0 Å². The number of aliphatic hydroxyl groups excluding tert-OH is 1. The molecule has 1 aliphatic rings. The third-order valence-corrected chi connectivity index (χ3v) is 5.96.